The van der Waals surface area contributed by atoms with Crippen LogP contribution >= 0.6 is 11.6 Å². The van der Waals surface area contributed by atoms with Crippen molar-refractivity contribution in [2.75, 3.05) is 6.54 Å². The zero-order chi connectivity index (χ0) is 14.7. The monoisotopic (exact) mass is 300 g/mol. The molecule has 1 N–H and O–H groups in total. The van der Waals surface area contributed by atoms with Crippen LogP contribution in [0.4, 0.5) is 0 Å². The Labute approximate surface area is 126 Å². The highest BCUT2D eigenvalue weighted by atomic mass is 35.5. The van der Waals surface area contributed by atoms with E-state index in [4.69, 9.17) is 11.6 Å². The second-order valence-electron chi connectivity index (χ2n) is 4.53. The summed E-state index contributed by atoms with van der Waals surface area (Å²) in [5.74, 6) is -0.164. The van der Waals surface area contributed by atoms with Crippen LogP contribution in [0.3, 0.4) is 0 Å². The number of amides is 1. The first-order valence-corrected chi connectivity index (χ1v) is 6.92. The molecule has 0 aliphatic carbocycles. The van der Waals surface area contributed by atoms with Crippen molar-refractivity contribution in [1.29, 1.82) is 0 Å². The minimum absolute atomic E-state index is 0.164. The van der Waals surface area contributed by atoms with Crippen LogP contribution in [0, 0.1) is 0 Å². The molecule has 0 bridgehead atoms. The molecule has 0 aliphatic heterocycles. The molecular formula is C15H13ClN4O. The van der Waals surface area contributed by atoms with Crippen LogP contribution in [-0.4, -0.2) is 27.2 Å². The molecule has 21 heavy (non-hydrogen) atoms. The molecular weight excluding hydrogens is 288 g/mol. The van der Waals surface area contributed by atoms with Crippen molar-refractivity contribution in [3.63, 3.8) is 0 Å². The minimum atomic E-state index is -0.164. The molecule has 1 amide bonds. The van der Waals surface area contributed by atoms with Crippen LogP contribution in [0.1, 0.15) is 10.4 Å². The summed E-state index contributed by atoms with van der Waals surface area (Å²) in [6, 6.07) is 9.31. The van der Waals surface area contributed by atoms with Crippen molar-refractivity contribution in [3.8, 4) is 0 Å². The number of benzene rings is 1. The summed E-state index contributed by atoms with van der Waals surface area (Å²) < 4.78 is 1.76. The number of aromatic nitrogens is 3. The average Bonchev–Trinajstić information content (AvgIpc) is 3.01. The summed E-state index contributed by atoms with van der Waals surface area (Å²) in [4.78, 5) is 16.3. The molecule has 3 rings (SSSR count). The molecule has 0 fully saturated rings. The Balaban J connectivity index is 1.77. The molecule has 0 aliphatic rings. The van der Waals surface area contributed by atoms with Crippen molar-refractivity contribution >= 4 is 28.3 Å². The standard InChI is InChI=1S/C15H13ClN4O/c16-14-12-5-2-1-4-11(12)13(10-18-14)15(21)17-7-9-20-8-3-6-19-20/h1-6,8,10H,7,9H2,(H,17,21). The first-order valence-electron chi connectivity index (χ1n) is 6.54. The van der Waals surface area contributed by atoms with Gasteiger partial charge in [0.05, 0.1) is 12.1 Å². The summed E-state index contributed by atoms with van der Waals surface area (Å²) in [5.41, 5.74) is 0.524. The third-order valence-electron chi connectivity index (χ3n) is 3.18. The van der Waals surface area contributed by atoms with Crippen LogP contribution in [0.15, 0.2) is 48.9 Å². The number of nitrogens with one attached hydrogen (secondary N) is 1. The van der Waals surface area contributed by atoms with E-state index in [0.29, 0.717) is 23.8 Å². The van der Waals surface area contributed by atoms with E-state index in [9.17, 15) is 4.79 Å². The summed E-state index contributed by atoms with van der Waals surface area (Å²) in [7, 11) is 0. The molecule has 3 aromatic rings. The highest BCUT2D eigenvalue weighted by Gasteiger charge is 2.12. The van der Waals surface area contributed by atoms with Gasteiger partial charge in [0.2, 0.25) is 0 Å². The lowest BCUT2D eigenvalue weighted by molar-refractivity contribution is 0.0953. The lowest BCUT2D eigenvalue weighted by atomic mass is 10.1. The predicted octanol–water partition coefficient (Wildman–Crippen LogP) is 2.51. The normalized spacial score (nSPS) is 10.7. The average molecular weight is 301 g/mol. The van der Waals surface area contributed by atoms with Gasteiger partial charge in [-0.1, -0.05) is 35.9 Å². The van der Waals surface area contributed by atoms with Gasteiger partial charge in [-0.15, -0.1) is 0 Å². The van der Waals surface area contributed by atoms with E-state index in [1.165, 1.54) is 6.20 Å². The fourth-order valence-corrected chi connectivity index (χ4v) is 2.36. The predicted molar refractivity (Wildman–Crippen MR) is 81.3 cm³/mol. The van der Waals surface area contributed by atoms with Gasteiger partial charge >= 0.3 is 0 Å². The van der Waals surface area contributed by atoms with E-state index in [-0.39, 0.29) is 5.91 Å². The van der Waals surface area contributed by atoms with Crippen molar-refractivity contribution < 1.29 is 4.79 Å². The first kappa shape index (κ1) is 13.6. The number of fused-ring (bicyclic) bond motifs is 1. The minimum Gasteiger partial charge on any atom is -0.350 e. The van der Waals surface area contributed by atoms with Crippen LogP contribution in [0.5, 0.6) is 0 Å². The highest BCUT2D eigenvalue weighted by molar-refractivity contribution is 6.34. The SMILES string of the molecule is O=C(NCCn1cccn1)c1cnc(Cl)c2ccccc12. The third kappa shape index (κ3) is 2.87. The maximum Gasteiger partial charge on any atom is 0.253 e. The molecule has 6 heteroatoms. The topological polar surface area (TPSA) is 59.8 Å². The Morgan fingerprint density at radius 3 is 2.81 bits per heavy atom. The number of rotatable bonds is 4. The van der Waals surface area contributed by atoms with Crippen LogP contribution < -0.4 is 5.32 Å². The molecule has 106 valence electrons. The van der Waals surface area contributed by atoms with Gasteiger partial charge in [-0.3, -0.25) is 9.48 Å². The Morgan fingerprint density at radius 1 is 1.24 bits per heavy atom. The Hall–Kier alpha value is -2.40. The van der Waals surface area contributed by atoms with Gasteiger partial charge in [0.1, 0.15) is 5.15 Å². The van der Waals surface area contributed by atoms with Gasteiger partial charge in [-0.25, -0.2) is 4.98 Å². The summed E-state index contributed by atoms with van der Waals surface area (Å²) in [6.45, 7) is 1.12. The number of carbonyl (C=O) groups is 1. The molecule has 5 nitrogen and oxygen atoms in total. The second-order valence-corrected chi connectivity index (χ2v) is 4.89. The van der Waals surface area contributed by atoms with Crippen molar-refractivity contribution in [2.45, 2.75) is 6.54 Å². The van der Waals surface area contributed by atoms with E-state index < -0.39 is 0 Å². The van der Waals surface area contributed by atoms with Crippen LogP contribution in [0.2, 0.25) is 5.15 Å². The molecule has 0 spiro atoms. The van der Waals surface area contributed by atoms with Crippen molar-refractivity contribution in [1.82, 2.24) is 20.1 Å². The molecule has 0 atom stereocenters. The van der Waals surface area contributed by atoms with Gasteiger partial charge in [-0.05, 0) is 11.5 Å². The Kier molecular flexibility index (Phi) is 3.83. The second kappa shape index (κ2) is 5.93. The first-order chi connectivity index (χ1) is 10.3. The number of hydrogen-bond acceptors (Lipinski definition) is 3. The van der Waals surface area contributed by atoms with Crippen LogP contribution in [0.25, 0.3) is 10.8 Å². The van der Waals surface area contributed by atoms with Crippen LogP contribution in [-0.2, 0) is 6.54 Å². The molecule has 0 radical (unpaired) electrons. The highest BCUT2D eigenvalue weighted by Crippen LogP contribution is 2.23. The lowest BCUT2D eigenvalue weighted by Gasteiger charge is -2.08. The Bertz CT molecular complexity index is 770. The molecule has 0 saturated carbocycles. The molecule has 1 aromatic carbocycles. The smallest absolute Gasteiger partial charge is 0.253 e. The van der Waals surface area contributed by atoms with E-state index >= 15 is 0 Å². The number of nitrogens with zero attached hydrogens (tertiary/aromatic N) is 3. The summed E-state index contributed by atoms with van der Waals surface area (Å²) in [6.07, 6.45) is 5.07. The molecule has 2 heterocycles. The maximum absolute atomic E-state index is 12.3. The fraction of sp³-hybridized carbons (Fsp3) is 0.133. The molecule has 2 aromatic heterocycles. The third-order valence-corrected chi connectivity index (χ3v) is 3.48. The fourth-order valence-electron chi connectivity index (χ4n) is 2.15. The molecule has 0 saturated heterocycles. The Morgan fingerprint density at radius 2 is 2.05 bits per heavy atom. The van der Waals surface area contributed by atoms with Crippen molar-refractivity contribution in [3.05, 3.63) is 59.6 Å². The van der Waals surface area contributed by atoms with Gasteiger partial charge in [0.15, 0.2) is 0 Å². The zero-order valence-electron chi connectivity index (χ0n) is 11.2. The van der Waals surface area contributed by atoms with Gasteiger partial charge in [-0.2, -0.15) is 5.10 Å². The van der Waals surface area contributed by atoms with E-state index in [2.05, 4.69) is 15.4 Å². The summed E-state index contributed by atoms with van der Waals surface area (Å²) >= 11 is 6.05. The number of halogens is 1. The van der Waals surface area contributed by atoms with E-state index in [1.54, 1.807) is 10.9 Å². The molecule has 0 unspecified atom stereocenters. The maximum atomic E-state index is 12.3. The van der Waals surface area contributed by atoms with Gasteiger partial charge in [0, 0.05) is 30.5 Å². The summed E-state index contributed by atoms with van der Waals surface area (Å²) in [5, 5.41) is 8.93. The van der Waals surface area contributed by atoms with Gasteiger partial charge < -0.3 is 5.32 Å². The number of carbonyl (C=O) groups excluding carboxylic acids is 1. The quantitative estimate of drug-likeness (QED) is 0.753. The number of pyridine rings is 1. The zero-order valence-corrected chi connectivity index (χ0v) is 11.9. The van der Waals surface area contributed by atoms with E-state index in [1.807, 2.05) is 36.5 Å². The van der Waals surface area contributed by atoms with E-state index in [0.717, 1.165) is 10.8 Å². The van der Waals surface area contributed by atoms with Gasteiger partial charge in [0.25, 0.3) is 5.91 Å². The van der Waals surface area contributed by atoms with Crippen molar-refractivity contribution in [2.24, 2.45) is 0 Å². The number of hydrogen-bond donors (Lipinski definition) is 1. The largest absolute Gasteiger partial charge is 0.350 e. The lowest BCUT2D eigenvalue weighted by Crippen LogP contribution is -2.27.